The lowest BCUT2D eigenvalue weighted by Crippen LogP contribution is -2.25. The number of hydrogen-bond acceptors (Lipinski definition) is 4. The summed E-state index contributed by atoms with van der Waals surface area (Å²) in [5.41, 5.74) is 2.09. The number of fused-ring (bicyclic) bond motifs is 1. The lowest BCUT2D eigenvalue weighted by Gasteiger charge is -2.22. The van der Waals surface area contributed by atoms with Crippen LogP contribution >= 0.6 is 46.4 Å². The molecule has 0 fully saturated rings. The molecule has 0 heterocycles. The second-order valence-electron chi connectivity index (χ2n) is 7.70. The van der Waals surface area contributed by atoms with Crippen LogP contribution < -0.4 is 0 Å². The maximum Gasteiger partial charge on any atom is 0.278 e. The Morgan fingerprint density at radius 3 is 1.19 bits per heavy atom. The fourth-order valence-corrected chi connectivity index (χ4v) is 3.75. The second kappa shape index (κ2) is 7.85. The standard InChI is InChI=1S/C16H20Cl4N2O2Si2/c1-25(2,3)23-21-9-7-8-10(22-24-26(4,5)6)12-11(9)13(17)15(19)16(20)14(12)18/h7-8H,1-6H3. The summed E-state index contributed by atoms with van der Waals surface area (Å²) in [7, 11) is -3.76. The molecule has 1 aliphatic rings. The van der Waals surface area contributed by atoms with Gasteiger partial charge in [0.1, 0.15) is 11.4 Å². The molecule has 0 radical (unpaired) electrons. The smallest absolute Gasteiger partial charge is 0.278 e. The van der Waals surface area contributed by atoms with Crippen LogP contribution in [0.5, 0.6) is 0 Å². The molecule has 0 spiro atoms. The van der Waals surface area contributed by atoms with E-state index in [1.807, 2.05) is 39.3 Å². The van der Waals surface area contributed by atoms with Gasteiger partial charge >= 0.3 is 0 Å². The van der Waals surface area contributed by atoms with Crippen molar-refractivity contribution < 1.29 is 9.05 Å². The fraction of sp³-hybridized carbons (Fsp3) is 0.375. The van der Waals surface area contributed by atoms with Crippen molar-refractivity contribution in [3.63, 3.8) is 0 Å². The predicted octanol–water partition coefficient (Wildman–Crippen LogP) is 6.98. The number of hydrogen-bond donors (Lipinski definition) is 0. The number of benzene rings is 1. The Bertz CT molecular complexity index is 758. The summed E-state index contributed by atoms with van der Waals surface area (Å²) in [5, 5.41) is 9.37. The zero-order valence-corrected chi connectivity index (χ0v) is 20.4. The van der Waals surface area contributed by atoms with Crippen molar-refractivity contribution in [2.24, 2.45) is 10.3 Å². The van der Waals surface area contributed by atoms with E-state index in [4.69, 9.17) is 55.5 Å². The van der Waals surface area contributed by atoms with E-state index in [0.29, 0.717) is 22.6 Å². The molecule has 0 atom stereocenters. The molecule has 0 saturated heterocycles. The molecule has 4 nitrogen and oxygen atoms in total. The van der Waals surface area contributed by atoms with Crippen molar-refractivity contribution in [3.05, 3.63) is 43.4 Å². The van der Waals surface area contributed by atoms with Crippen LogP contribution in [0.1, 0.15) is 11.1 Å². The Morgan fingerprint density at radius 1 is 0.615 bits per heavy atom. The molecule has 2 rings (SSSR count). The molecule has 0 amide bonds. The van der Waals surface area contributed by atoms with Gasteiger partial charge in [-0.1, -0.05) is 46.4 Å². The van der Waals surface area contributed by atoms with Crippen LogP contribution in [0.2, 0.25) is 59.4 Å². The first-order chi connectivity index (χ1) is 11.8. The Morgan fingerprint density at radius 2 is 0.923 bits per heavy atom. The summed E-state index contributed by atoms with van der Waals surface area (Å²) in [6.45, 7) is 12.2. The molecule has 26 heavy (non-hydrogen) atoms. The van der Waals surface area contributed by atoms with Gasteiger partial charge in [0.2, 0.25) is 0 Å². The summed E-state index contributed by atoms with van der Waals surface area (Å²) in [4.78, 5) is 0. The molecule has 142 valence electrons. The third kappa shape index (κ3) is 5.05. The molecular weight excluding hydrogens is 450 g/mol. The highest BCUT2D eigenvalue weighted by atomic mass is 35.5. The molecule has 0 saturated carbocycles. The quantitative estimate of drug-likeness (QED) is 0.206. The number of allylic oxidation sites excluding steroid dienone is 2. The molecule has 0 unspecified atom stereocenters. The van der Waals surface area contributed by atoms with Gasteiger partial charge in [0.05, 0.1) is 20.1 Å². The SMILES string of the molecule is C[Si](C)(C)ON=C1C=CC(=NO[Si](C)(C)C)c2c(Cl)c(Cl)c(Cl)c(Cl)c21. The number of halogens is 4. The third-order valence-electron chi connectivity index (χ3n) is 3.01. The van der Waals surface area contributed by atoms with E-state index in [0.717, 1.165) is 0 Å². The summed E-state index contributed by atoms with van der Waals surface area (Å²) < 4.78 is 11.3. The number of rotatable bonds is 4. The Kier molecular flexibility index (Phi) is 6.58. The molecule has 10 heteroatoms. The Labute approximate surface area is 176 Å². The summed E-state index contributed by atoms with van der Waals surface area (Å²) in [6.07, 6.45) is 3.50. The Hall–Kier alpha value is -0.506. The summed E-state index contributed by atoms with van der Waals surface area (Å²) in [5.74, 6) is 0. The largest absolute Gasteiger partial charge is 0.455 e. The first kappa shape index (κ1) is 21.8. The van der Waals surface area contributed by atoms with Gasteiger partial charge in [-0.25, -0.2) is 0 Å². The van der Waals surface area contributed by atoms with Crippen molar-refractivity contribution in [3.8, 4) is 0 Å². The van der Waals surface area contributed by atoms with Gasteiger partial charge in [0.15, 0.2) is 0 Å². The predicted molar refractivity (Wildman–Crippen MR) is 118 cm³/mol. The van der Waals surface area contributed by atoms with Crippen LogP contribution in [0, 0.1) is 0 Å². The van der Waals surface area contributed by atoms with Crippen LogP contribution in [0.25, 0.3) is 0 Å². The highest BCUT2D eigenvalue weighted by molar-refractivity contribution is 6.70. The second-order valence-corrected chi connectivity index (χ2v) is 18.0. The molecule has 1 aromatic rings. The highest BCUT2D eigenvalue weighted by Crippen LogP contribution is 2.43. The van der Waals surface area contributed by atoms with E-state index < -0.39 is 16.6 Å². The van der Waals surface area contributed by atoms with E-state index in [1.165, 1.54) is 0 Å². The van der Waals surface area contributed by atoms with Crippen molar-refractivity contribution in [2.45, 2.75) is 39.3 Å². The van der Waals surface area contributed by atoms with Gasteiger partial charge in [-0.2, -0.15) is 0 Å². The van der Waals surface area contributed by atoms with Gasteiger partial charge < -0.3 is 9.05 Å². The Balaban J connectivity index is 2.69. The molecule has 0 bridgehead atoms. The van der Waals surface area contributed by atoms with Crippen molar-refractivity contribution in [2.75, 3.05) is 0 Å². The number of oxime groups is 2. The van der Waals surface area contributed by atoms with Gasteiger partial charge in [0.25, 0.3) is 16.6 Å². The normalized spacial score (nSPS) is 17.6. The molecule has 1 aliphatic carbocycles. The third-order valence-corrected chi connectivity index (χ3v) is 6.09. The summed E-state index contributed by atoms with van der Waals surface area (Å²) >= 11 is 25.4. The van der Waals surface area contributed by atoms with E-state index in [2.05, 4.69) is 10.3 Å². The van der Waals surface area contributed by atoms with Crippen LogP contribution in [-0.2, 0) is 9.05 Å². The highest BCUT2D eigenvalue weighted by Gasteiger charge is 2.29. The molecule has 0 aliphatic heterocycles. The molecule has 0 aromatic heterocycles. The van der Waals surface area contributed by atoms with Crippen molar-refractivity contribution >= 4 is 74.5 Å². The molecular formula is C16H20Cl4N2O2Si2. The maximum atomic E-state index is 6.47. The van der Waals surface area contributed by atoms with Crippen molar-refractivity contribution in [1.29, 1.82) is 0 Å². The monoisotopic (exact) mass is 468 g/mol. The zero-order chi connectivity index (χ0) is 19.9. The van der Waals surface area contributed by atoms with Crippen LogP contribution in [-0.4, -0.2) is 28.1 Å². The maximum absolute atomic E-state index is 6.47. The molecule has 0 N–H and O–H groups in total. The van der Waals surface area contributed by atoms with E-state index in [1.54, 1.807) is 12.2 Å². The fourth-order valence-electron chi connectivity index (χ4n) is 1.96. The van der Waals surface area contributed by atoms with Crippen LogP contribution in [0.4, 0.5) is 0 Å². The van der Waals surface area contributed by atoms with Gasteiger partial charge in [-0.05, 0) is 51.4 Å². The lowest BCUT2D eigenvalue weighted by atomic mass is 9.93. The van der Waals surface area contributed by atoms with E-state index in [-0.39, 0.29) is 20.1 Å². The minimum absolute atomic E-state index is 0.165. The first-order valence-electron chi connectivity index (χ1n) is 7.89. The topological polar surface area (TPSA) is 43.2 Å². The van der Waals surface area contributed by atoms with E-state index >= 15 is 0 Å². The average Bonchev–Trinajstić information content (AvgIpc) is 2.52. The minimum Gasteiger partial charge on any atom is -0.455 e. The lowest BCUT2D eigenvalue weighted by molar-refractivity contribution is 0.335. The van der Waals surface area contributed by atoms with Crippen LogP contribution in [0.3, 0.4) is 0 Å². The van der Waals surface area contributed by atoms with Gasteiger partial charge in [0, 0.05) is 11.1 Å². The zero-order valence-electron chi connectivity index (χ0n) is 15.4. The molecule has 1 aromatic carbocycles. The summed E-state index contributed by atoms with van der Waals surface area (Å²) in [6, 6.07) is 0. The van der Waals surface area contributed by atoms with Gasteiger partial charge in [-0.3, -0.25) is 0 Å². The van der Waals surface area contributed by atoms with Gasteiger partial charge in [-0.15, -0.1) is 10.3 Å². The minimum atomic E-state index is -1.88. The first-order valence-corrected chi connectivity index (χ1v) is 16.2. The average molecular weight is 470 g/mol. The van der Waals surface area contributed by atoms with E-state index in [9.17, 15) is 0 Å². The van der Waals surface area contributed by atoms with Crippen LogP contribution in [0.15, 0.2) is 22.5 Å². The number of nitrogens with zero attached hydrogens (tertiary/aromatic N) is 2. The van der Waals surface area contributed by atoms with Crippen molar-refractivity contribution in [1.82, 2.24) is 0 Å².